The van der Waals surface area contributed by atoms with E-state index < -0.39 is 10.1 Å². The second-order valence-corrected chi connectivity index (χ2v) is 8.63. The van der Waals surface area contributed by atoms with Crippen LogP contribution in [0.5, 0.6) is 0 Å². The van der Waals surface area contributed by atoms with Crippen LogP contribution in [0.4, 0.5) is 5.69 Å². The molecule has 0 spiro atoms. The molecular weight excluding hydrogens is 384 g/mol. The minimum absolute atomic E-state index is 0.273. The van der Waals surface area contributed by atoms with Crippen molar-refractivity contribution in [3.05, 3.63) is 83.7 Å². The Morgan fingerprint density at radius 2 is 1.76 bits per heavy atom. The summed E-state index contributed by atoms with van der Waals surface area (Å²) in [6.45, 7) is 0.450. The maximum absolute atomic E-state index is 11.1. The third-order valence-corrected chi connectivity index (χ3v) is 5.95. The number of fused-ring (bicyclic) bond motifs is 2. The maximum Gasteiger partial charge on any atom is 0.212 e. The zero-order valence-corrected chi connectivity index (χ0v) is 17.0. The Kier molecular flexibility index (Phi) is 5.22. The maximum atomic E-state index is 11.1. The van der Waals surface area contributed by atoms with Crippen molar-refractivity contribution < 1.29 is 17.5 Å². The Bertz CT molecular complexity index is 1230. The zero-order valence-electron chi connectivity index (χ0n) is 16.2. The molecule has 2 heterocycles. The molecular formula is C23H22N2O3S. The van der Waals surface area contributed by atoms with Crippen LogP contribution >= 0.6 is 0 Å². The minimum atomic E-state index is -4.23. The summed E-state index contributed by atoms with van der Waals surface area (Å²) in [4.78, 5) is 2.08. The van der Waals surface area contributed by atoms with E-state index in [2.05, 4.69) is 45.9 Å². The Morgan fingerprint density at radius 1 is 1.00 bits per heavy atom. The number of pyridine rings is 1. The van der Waals surface area contributed by atoms with Crippen molar-refractivity contribution in [2.24, 2.45) is 7.05 Å². The van der Waals surface area contributed by atoms with Gasteiger partial charge in [-0.15, -0.1) is 0 Å². The predicted octanol–water partition coefficient (Wildman–Crippen LogP) is 3.47. The summed E-state index contributed by atoms with van der Waals surface area (Å²) in [5.74, 6) is -0.369. The molecule has 0 fully saturated rings. The van der Waals surface area contributed by atoms with Crippen LogP contribution in [0.3, 0.4) is 0 Å². The van der Waals surface area contributed by atoms with Crippen molar-refractivity contribution in [3.8, 4) is 0 Å². The summed E-state index contributed by atoms with van der Waals surface area (Å²) >= 11 is 0. The first-order valence-corrected chi connectivity index (χ1v) is 11.1. The van der Waals surface area contributed by atoms with Gasteiger partial charge in [0.05, 0.1) is 10.1 Å². The van der Waals surface area contributed by atoms with E-state index in [4.69, 9.17) is 0 Å². The van der Waals surface area contributed by atoms with E-state index in [0.29, 0.717) is 6.54 Å². The molecule has 5 nitrogen and oxygen atoms in total. The number of benzene rings is 2. The summed E-state index contributed by atoms with van der Waals surface area (Å²) in [6, 6.07) is 20.3. The SMILES string of the molecule is C[n+]1c(/C=C2\C=Cc3ccccc3N2CCCS(=O)(=O)[O-])ccc2ccccc21. The molecule has 29 heavy (non-hydrogen) atoms. The highest BCUT2D eigenvalue weighted by Crippen LogP contribution is 2.31. The van der Waals surface area contributed by atoms with E-state index >= 15 is 0 Å². The number of hydrogen-bond donors (Lipinski definition) is 0. The fourth-order valence-corrected chi connectivity index (χ4v) is 4.19. The van der Waals surface area contributed by atoms with Crippen LogP contribution in [0.2, 0.25) is 0 Å². The van der Waals surface area contributed by atoms with E-state index in [1.165, 1.54) is 5.39 Å². The number of rotatable bonds is 5. The van der Waals surface area contributed by atoms with Crippen molar-refractivity contribution in [2.45, 2.75) is 6.42 Å². The van der Waals surface area contributed by atoms with Gasteiger partial charge in [-0.2, -0.15) is 4.57 Å². The number of hydrogen-bond acceptors (Lipinski definition) is 4. The van der Waals surface area contributed by atoms with Crippen molar-refractivity contribution in [1.29, 1.82) is 0 Å². The van der Waals surface area contributed by atoms with Crippen molar-refractivity contribution in [2.75, 3.05) is 17.2 Å². The van der Waals surface area contributed by atoms with Gasteiger partial charge in [0.25, 0.3) is 0 Å². The van der Waals surface area contributed by atoms with Crippen LogP contribution < -0.4 is 9.47 Å². The molecule has 0 N–H and O–H groups in total. The highest BCUT2D eigenvalue weighted by atomic mass is 32.2. The normalized spacial score (nSPS) is 15.1. The number of aryl methyl sites for hydroxylation is 1. The van der Waals surface area contributed by atoms with E-state index in [9.17, 15) is 13.0 Å². The fraction of sp³-hybridized carbons (Fsp3) is 0.174. The van der Waals surface area contributed by atoms with Gasteiger partial charge in [-0.25, -0.2) is 8.42 Å². The zero-order chi connectivity index (χ0) is 20.4. The van der Waals surface area contributed by atoms with Crippen molar-refractivity contribution in [1.82, 2.24) is 0 Å². The molecule has 0 radical (unpaired) electrons. The summed E-state index contributed by atoms with van der Waals surface area (Å²) < 4.78 is 35.3. The minimum Gasteiger partial charge on any atom is -0.748 e. The third-order valence-electron chi connectivity index (χ3n) is 5.16. The second kappa shape index (κ2) is 7.81. The highest BCUT2D eigenvalue weighted by molar-refractivity contribution is 7.85. The lowest BCUT2D eigenvalue weighted by atomic mass is 10.0. The van der Waals surface area contributed by atoms with Gasteiger partial charge in [0.2, 0.25) is 11.2 Å². The molecule has 0 saturated heterocycles. The largest absolute Gasteiger partial charge is 0.748 e. The first-order valence-electron chi connectivity index (χ1n) is 9.50. The number of nitrogens with zero attached hydrogens (tertiary/aromatic N) is 2. The summed E-state index contributed by atoms with van der Waals surface area (Å²) in [5.41, 5.74) is 5.19. The molecule has 0 saturated carbocycles. The predicted molar refractivity (Wildman–Crippen MR) is 115 cm³/mol. The first kappa shape index (κ1) is 19.4. The molecule has 2 aromatic carbocycles. The molecule has 0 atom stereocenters. The van der Waals surface area contributed by atoms with E-state index in [1.807, 2.05) is 49.5 Å². The number of para-hydroxylation sites is 2. The number of anilines is 1. The van der Waals surface area contributed by atoms with Crippen molar-refractivity contribution in [3.63, 3.8) is 0 Å². The van der Waals surface area contributed by atoms with Crippen LogP contribution in [0.25, 0.3) is 23.1 Å². The summed E-state index contributed by atoms with van der Waals surface area (Å²) in [6.07, 6.45) is 6.45. The molecule has 1 aromatic heterocycles. The molecule has 0 bridgehead atoms. The van der Waals surface area contributed by atoms with Crippen LogP contribution in [-0.2, 0) is 17.2 Å². The van der Waals surface area contributed by atoms with Gasteiger partial charge in [-0.05, 0) is 36.3 Å². The van der Waals surface area contributed by atoms with Crippen LogP contribution in [0.15, 0.2) is 72.4 Å². The quantitative estimate of drug-likeness (QED) is 0.481. The summed E-state index contributed by atoms with van der Waals surface area (Å²) in [5, 5.41) is 1.17. The van der Waals surface area contributed by atoms with Gasteiger partial charge in [0, 0.05) is 47.3 Å². The van der Waals surface area contributed by atoms with Crippen molar-refractivity contribution >= 4 is 38.9 Å². The van der Waals surface area contributed by atoms with Gasteiger partial charge in [-0.3, -0.25) is 0 Å². The first-order chi connectivity index (χ1) is 13.9. The van der Waals surface area contributed by atoms with Crippen LogP contribution in [-0.4, -0.2) is 25.3 Å². The van der Waals surface area contributed by atoms with Gasteiger partial charge in [0.15, 0.2) is 0 Å². The topological polar surface area (TPSA) is 64.3 Å². The summed E-state index contributed by atoms with van der Waals surface area (Å²) in [7, 11) is -2.20. The van der Waals surface area contributed by atoms with Crippen LogP contribution in [0, 0.1) is 0 Å². The molecule has 0 unspecified atom stereocenters. The lowest BCUT2D eigenvalue weighted by Crippen LogP contribution is -2.33. The molecule has 0 amide bonds. The average Bonchev–Trinajstić information content (AvgIpc) is 2.70. The Hall–Kier alpha value is -2.96. The van der Waals surface area contributed by atoms with E-state index in [1.54, 1.807) is 0 Å². The molecule has 1 aliphatic heterocycles. The standard InChI is InChI=1S/C23H22N2O3S/c1-24-20(13-11-18-7-2-4-9-22(18)24)17-21-14-12-19-8-3-5-10-23(19)25(21)15-6-16-29(26,27)28/h2-5,7-14,17H,6,15-16H2,1H3. The fourth-order valence-electron chi connectivity index (χ4n) is 3.71. The molecule has 0 aliphatic carbocycles. The number of allylic oxidation sites excluding steroid dienone is 1. The third kappa shape index (κ3) is 4.23. The molecule has 1 aliphatic rings. The second-order valence-electron chi connectivity index (χ2n) is 7.10. The molecule has 3 aromatic rings. The van der Waals surface area contributed by atoms with Crippen LogP contribution in [0.1, 0.15) is 17.7 Å². The lowest BCUT2D eigenvalue weighted by Gasteiger charge is -2.30. The van der Waals surface area contributed by atoms with E-state index in [-0.39, 0.29) is 12.2 Å². The molecule has 4 rings (SSSR count). The Morgan fingerprint density at radius 3 is 2.59 bits per heavy atom. The Labute approximate surface area is 171 Å². The average molecular weight is 407 g/mol. The molecule has 6 heteroatoms. The highest BCUT2D eigenvalue weighted by Gasteiger charge is 2.19. The van der Waals surface area contributed by atoms with Gasteiger partial charge in [-0.1, -0.05) is 36.4 Å². The van der Waals surface area contributed by atoms with Gasteiger partial charge >= 0.3 is 0 Å². The van der Waals surface area contributed by atoms with Gasteiger partial charge in [0.1, 0.15) is 7.05 Å². The van der Waals surface area contributed by atoms with E-state index in [0.717, 1.165) is 28.2 Å². The lowest BCUT2D eigenvalue weighted by molar-refractivity contribution is -0.646. The number of aromatic nitrogens is 1. The van der Waals surface area contributed by atoms with Gasteiger partial charge < -0.3 is 9.45 Å². The monoisotopic (exact) mass is 406 g/mol. The smallest absolute Gasteiger partial charge is 0.212 e. The Balaban J connectivity index is 1.73. The molecule has 148 valence electrons.